The lowest BCUT2D eigenvalue weighted by molar-refractivity contribution is 0.269. The van der Waals surface area contributed by atoms with E-state index in [0.29, 0.717) is 16.6 Å². The van der Waals surface area contributed by atoms with Crippen LogP contribution in [0.15, 0.2) is 17.5 Å². The van der Waals surface area contributed by atoms with Crippen molar-refractivity contribution in [2.45, 2.75) is 143 Å². The van der Waals surface area contributed by atoms with Gasteiger partial charge in [-0.2, -0.15) is 0 Å². The van der Waals surface area contributed by atoms with Gasteiger partial charge in [0.15, 0.2) is 0 Å². The number of thiophene rings is 2. The Hall–Kier alpha value is -0.683. The first-order chi connectivity index (χ1) is 17.3. The quantitative estimate of drug-likeness (QED) is 0.129. The maximum Gasteiger partial charge on any atom is 0.200 e. The van der Waals surface area contributed by atoms with E-state index in [1.165, 1.54) is 79.9 Å². The van der Waals surface area contributed by atoms with E-state index in [-0.39, 0.29) is 0 Å². The minimum Gasteiger partial charge on any atom is -0.411 e. The SMILES string of the molecule is CCCCCCc1c(CCCCCC)c2sc(CO[Si](C(C)C)(C(C)C)C(C)C)cc2c2ccsc12. The highest BCUT2D eigenvalue weighted by Crippen LogP contribution is 2.45. The van der Waals surface area contributed by atoms with Crippen molar-refractivity contribution in [2.24, 2.45) is 0 Å². The van der Waals surface area contributed by atoms with Gasteiger partial charge in [0.1, 0.15) is 0 Å². The summed E-state index contributed by atoms with van der Waals surface area (Å²) in [7, 11) is -1.87. The van der Waals surface area contributed by atoms with Crippen molar-refractivity contribution in [3.05, 3.63) is 33.5 Å². The average molecular weight is 545 g/mol. The van der Waals surface area contributed by atoms with Gasteiger partial charge in [0, 0.05) is 25.0 Å². The molecule has 0 saturated heterocycles. The van der Waals surface area contributed by atoms with Crippen molar-refractivity contribution >= 4 is 51.2 Å². The van der Waals surface area contributed by atoms with Gasteiger partial charge in [-0.15, -0.1) is 22.7 Å². The van der Waals surface area contributed by atoms with Crippen LogP contribution in [0.3, 0.4) is 0 Å². The first-order valence-electron chi connectivity index (χ1n) is 14.8. The second-order valence-electron chi connectivity index (χ2n) is 11.8. The van der Waals surface area contributed by atoms with E-state index in [1.54, 1.807) is 20.5 Å². The fourth-order valence-electron chi connectivity index (χ4n) is 6.65. The molecule has 2 aromatic heterocycles. The maximum absolute atomic E-state index is 7.05. The van der Waals surface area contributed by atoms with E-state index in [2.05, 4.69) is 72.9 Å². The summed E-state index contributed by atoms with van der Waals surface area (Å²) in [5.74, 6) is 0. The molecule has 202 valence electrons. The van der Waals surface area contributed by atoms with Crippen LogP contribution in [-0.4, -0.2) is 8.32 Å². The van der Waals surface area contributed by atoms with Crippen LogP contribution in [-0.2, 0) is 23.9 Å². The van der Waals surface area contributed by atoms with Crippen LogP contribution in [0.2, 0.25) is 16.6 Å². The van der Waals surface area contributed by atoms with Crippen LogP contribution in [0, 0.1) is 0 Å². The van der Waals surface area contributed by atoms with Crippen LogP contribution in [0.25, 0.3) is 20.2 Å². The molecule has 3 aromatic rings. The van der Waals surface area contributed by atoms with E-state index in [4.69, 9.17) is 4.43 Å². The lowest BCUT2D eigenvalue weighted by atomic mass is 9.93. The van der Waals surface area contributed by atoms with E-state index in [9.17, 15) is 0 Å². The first kappa shape index (κ1) is 29.9. The Bertz CT molecular complexity index is 1050. The third-order valence-electron chi connectivity index (χ3n) is 8.38. The van der Waals surface area contributed by atoms with Gasteiger partial charge in [0.25, 0.3) is 0 Å². The lowest BCUT2D eigenvalue weighted by Gasteiger charge is -2.42. The molecule has 0 atom stereocenters. The summed E-state index contributed by atoms with van der Waals surface area (Å²) in [5.41, 5.74) is 5.21. The molecule has 0 bridgehead atoms. The standard InChI is InChI=1S/C32H52OS2Si/c1-9-11-13-15-17-27-28(18-16-14-12-10-2)32-30(29-19-20-34-31(27)29)21-26(35-32)22-33-36(23(3)4,24(5)6)25(7)8/h19-21,23-25H,9-18,22H2,1-8H3. The van der Waals surface area contributed by atoms with Gasteiger partial charge >= 0.3 is 0 Å². The average Bonchev–Trinajstić information content (AvgIpc) is 3.47. The number of unbranched alkanes of at least 4 members (excludes halogenated alkanes) is 6. The molecule has 0 aliphatic rings. The fourth-order valence-corrected chi connectivity index (χ4v) is 14.4. The molecule has 0 aliphatic carbocycles. The zero-order valence-electron chi connectivity index (χ0n) is 24.5. The largest absolute Gasteiger partial charge is 0.411 e. The fraction of sp³-hybridized carbons (Fsp3) is 0.688. The summed E-state index contributed by atoms with van der Waals surface area (Å²) in [6.45, 7) is 19.8. The van der Waals surface area contributed by atoms with Crippen molar-refractivity contribution in [3.8, 4) is 0 Å². The van der Waals surface area contributed by atoms with Gasteiger partial charge in [-0.25, -0.2) is 0 Å². The highest BCUT2D eigenvalue weighted by molar-refractivity contribution is 7.20. The zero-order valence-corrected chi connectivity index (χ0v) is 27.1. The highest BCUT2D eigenvalue weighted by Gasteiger charge is 2.45. The summed E-state index contributed by atoms with van der Waals surface area (Å²) >= 11 is 4.01. The van der Waals surface area contributed by atoms with Crippen molar-refractivity contribution in [2.75, 3.05) is 0 Å². The van der Waals surface area contributed by atoms with Crippen LogP contribution < -0.4 is 0 Å². The Morgan fingerprint density at radius 3 is 1.81 bits per heavy atom. The normalized spacial score (nSPS) is 12.9. The van der Waals surface area contributed by atoms with Crippen LogP contribution in [0.4, 0.5) is 0 Å². The van der Waals surface area contributed by atoms with Gasteiger partial charge in [-0.05, 0) is 70.9 Å². The summed E-state index contributed by atoms with van der Waals surface area (Å²) < 4.78 is 10.2. The maximum atomic E-state index is 7.05. The predicted octanol–water partition coefficient (Wildman–Crippen LogP) is 12.1. The molecule has 0 amide bonds. The zero-order chi connectivity index (χ0) is 26.3. The van der Waals surface area contributed by atoms with Crippen molar-refractivity contribution in [1.29, 1.82) is 0 Å². The summed E-state index contributed by atoms with van der Waals surface area (Å²) in [5, 5.41) is 5.30. The Morgan fingerprint density at radius 2 is 1.28 bits per heavy atom. The third-order valence-corrected chi connectivity index (χ3v) is 16.6. The second kappa shape index (κ2) is 13.9. The Kier molecular flexibility index (Phi) is 11.5. The molecule has 0 unspecified atom stereocenters. The highest BCUT2D eigenvalue weighted by atomic mass is 32.1. The van der Waals surface area contributed by atoms with Gasteiger partial charge in [-0.3, -0.25) is 0 Å². The van der Waals surface area contributed by atoms with Gasteiger partial charge in [0.05, 0.1) is 6.61 Å². The van der Waals surface area contributed by atoms with E-state index >= 15 is 0 Å². The van der Waals surface area contributed by atoms with Gasteiger partial charge < -0.3 is 4.43 Å². The molecule has 1 nitrogen and oxygen atoms in total. The summed E-state index contributed by atoms with van der Waals surface area (Å²) in [6, 6.07) is 4.87. The topological polar surface area (TPSA) is 9.23 Å². The Morgan fingerprint density at radius 1 is 0.722 bits per heavy atom. The van der Waals surface area contributed by atoms with Crippen LogP contribution in [0.5, 0.6) is 0 Å². The number of hydrogen-bond acceptors (Lipinski definition) is 3. The van der Waals surface area contributed by atoms with Crippen LogP contribution in [0.1, 0.15) is 123 Å². The van der Waals surface area contributed by atoms with Crippen molar-refractivity contribution < 1.29 is 4.43 Å². The molecule has 0 saturated carbocycles. The molecular formula is C32H52OS2Si. The molecule has 0 N–H and O–H groups in total. The molecular weight excluding hydrogens is 493 g/mol. The summed E-state index contributed by atoms with van der Waals surface area (Å²) in [4.78, 5) is 1.43. The molecule has 0 radical (unpaired) electrons. The lowest BCUT2D eigenvalue weighted by Crippen LogP contribution is -2.47. The van der Waals surface area contributed by atoms with E-state index in [1.807, 2.05) is 22.7 Å². The van der Waals surface area contributed by atoms with Crippen molar-refractivity contribution in [3.63, 3.8) is 0 Å². The Balaban J connectivity index is 2.01. The van der Waals surface area contributed by atoms with Gasteiger partial charge in [-0.1, -0.05) is 93.9 Å². The summed E-state index contributed by atoms with van der Waals surface area (Å²) in [6.07, 6.45) is 13.1. The van der Waals surface area contributed by atoms with Crippen LogP contribution >= 0.6 is 22.7 Å². The smallest absolute Gasteiger partial charge is 0.200 e. The van der Waals surface area contributed by atoms with E-state index in [0.717, 1.165) is 6.61 Å². The molecule has 0 fully saturated rings. The molecule has 3 rings (SSSR count). The molecule has 1 aromatic carbocycles. The monoisotopic (exact) mass is 544 g/mol. The van der Waals surface area contributed by atoms with Gasteiger partial charge in [0.2, 0.25) is 8.32 Å². The number of hydrogen-bond donors (Lipinski definition) is 0. The number of rotatable bonds is 16. The molecule has 0 aliphatic heterocycles. The number of benzene rings is 1. The second-order valence-corrected chi connectivity index (χ2v) is 19.3. The minimum atomic E-state index is -1.87. The number of fused-ring (bicyclic) bond motifs is 3. The Labute approximate surface area is 231 Å². The molecule has 2 heterocycles. The molecule has 36 heavy (non-hydrogen) atoms. The number of aryl methyl sites for hydroxylation is 2. The third kappa shape index (κ3) is 6.47. The van der Waals surface area contributed by atoms with Crippen molar-refractivity contribution in [1.82, 2.24) is 0 Å². The minimum absolute atomic E-state index is 0.624. The molecule has 0 spiro atoms. The van der Waals surface area contributed by atoms with E-state index < -0.39 is 8.32 Å². The molecule has 4 heteroatoms. The first-order valence-corrected chi connectivity index (χ1v) is 18.7. The predicted molar refractivity (Wildman–Crippen MR) is 169 cm³/mol.